The summed E-state index contributed by atoms with van der Waals surface area (Å²) in [5.41, 5.74) is 1.59. The van der Waals surface area contributed by atoms with Crippen molar-refractivity contribution < 1.29 is 18.1 Å². The molecule has 0 unspecified atom stereocenters. The minimum Gasteiger partial charge on any atom is -0.335 e. The van der Waals surface area contributed by atoms with Crippen LogP contribution in [0.1, 0.15) is 45.6 Å². The molecule has 2 rings (SSSR count). The summed E-state index contributed by atoms with van der Waals surface area (Å²) >= 11 is 0. The Kier molecular flexibility index (Phi) is 6.98. The van der Waals surface area contributed by atoms with Crippen LogP contribution in [0.3, 0.4) is 0 Å². The van der Waals surface area contributed by atoms with Crippen LogP contribution in [0.5, 0.6) is 0 Å². The molecule has 0 aliphatic carbocycles. The largest absolute Gasteiger partial charge is 0.335 e. The van der Waals surface area contributed by atoms with E-state index in [1.807, 2.05) is 6.92 Å². The summed E-state index contributed by atoms with van der Waals surface area (Å²) in [4.78, 5) is 13.2. The van der Waals surface area contributed by atoms with Gasteiger partial charge in [-0.05, 0) is 63.8 Å². The zero-order chi connectivity index (χ0) is 18.4. The van der Waals surface area contributed by atoms with Gasteiger partial charge in [0.25, 0.3) is 0 Å². The molecule has 1 amide bonds. The van der Waals surface area contributed by atoms with Crippen LogP contribution in [0.2, 0.25) is 0 Å². The zero-order valence-corrected chi connectivity index (χ0v) is 16.2. The summed E-state index contributed by atoms with van der Waals surface area (Å²) in [5, 5.41) is 2.77. The summed E-state index contributed by atoms with van der Waals surface area (Å²) in [5.74, 6) is -0.0230. The lowest BCUT2D eigenvalue weighted by atomic mass is 10.0. The molecule has 1 aromatic rings. The van der Waals surface area contributed by atoms with Gasteiger partial charge in [0.15, 0.2) is 0 Å². The Labute approximate surface area is 151 Å². The highest BCUT2D eigenvalue weighted by Gasteiger charge is 2.21. The number of hydrogen-bond donors (Lipinski definition) is 3. The molecule has 0 aromatic heterocycles. The second-order valence-electron chi connectivity index (χ2n) is 6.74. The molecule has 3 N–H and O–H groups in total. The molecule has 6 nitrogen and oxygen atoms in total. The topological polar surface area (TPSA) is 79.7 Å². The van der Waals surface area contributed by atoms with Crippen molar-refractivity contribution in [2.75, 3.05) is 25.0 Å². The van der Waals surface area contributed by atoms with Crippen molar-refractivity contribution in [1.29, 1.82) is 0 Å². The first-order valence-corrected chi connectivity index (χ1v) is 10.6. The van der Waals surface area contributed by atoms with Crippen LogP contribution in [-0.4, -0.2) is 40.0 Å². The van der Waals surface area contributed by atoms with Crippen molar-refractivity contribution in [2.45, 2.75) is 57.4 Å². The van der Waals surface area contributed by atoms with Gasteiger partial charge in [-0.2, -0.15) is 0 Å². The summed E-state index contributed by atoms with van der Waals surface area (Å²) < 4.78 is 28.0. The van der Waals surface area contributed by atoms with Gasteiger partial charge in [-0.25, -0.2) is 13.1 Å². The van der Waals surface area contributed by atoms with E-state index in [1.54, 1.807) is 18.2 Å². The highest BCUT2D eigenvalue weighted by Crippen LogP contribution is 2.25. The molecule has 1 aromatic carbocycles. The number of sulfonamides is 1. The standard InChI is InChI=1S/C18H29N3O3S/c1-4-21(5-2)12-6-7-14(3)20-25(23,24)16-9-10-17-15(13-16)8-11-18(22)19-17/h9-10,13-14,20H,4-8,11-12H2,1-3H3,(H,19,22)/p+1/t14-/m0/s1. The summed E-state index contributed by atoms with van der Waals surface area (Å²) in [7, 11) is -3.54. The first kappa shape index (κ1) is 19.9. The number of nitrogens with one attached hydrogen (secondary N) is 3. The minimum absolute atomic E-state index is 0.0230. The molecular weight excluding hydrogens is 338 g/mol. The molecule has 1 atom stereocenters. The summed E-state index contributed by atoms with van der Waals surface area (Å²) in [6, 6.07) is 4.80. The second-order valence-corrected chi connectivity index (χ2v) is 8.45. The molecular formula is C18H30N3O3S+. The Bertz CT molecular complexity index is 700. The number of carbonyl (C=O) groups excluding carboxylic acids is 1. The van der Waals surface area contributed by atoms with Crippen LogP contribution in [0.4, 0.5) is 5.69 Å². The van der Waals surface area contributed by atoms with Gasteiger partial charge in [-0.15, -0.1) is 0 Å². The molecule has 1 heterocycles. The SMILES string of the molecule is CC[NH+](CC)CCC[C@H](C)NS(=O)(=O)c1ccc2c(c1)CCC(=O)N2. The van der Waals surface area contributed by atoms with E-state index in [0.717, 1.165) is 38.0 Å². The maximum atomic E-state index is 12.6. The minimum atomic E-state index is -3.54. The number of benzene rings is 1. The van der Waals surface area contributed by atoms with Crippen molar-refractivity contribution in [3.8, 4) is 0 Å². The van der Waals surface area contributed by atoms with Gasteiger partial charge in [0.2, 0.25) is 15.9 Å². The third-order valence-electron chi connectivity index (χ3n) is 4.81. The fourth-order valence-electron chi connectivity index (χ4n) is 3.18. The Morgan fingerprint density at radius 1 is 1.24 bits per heavy atom. The van der Waals surface area contributed by atoms with Crippen LogP contribution in [0, 0.1) is 0 Å². The molecule has 0 saturated heterocycles. The first-order chi connectivity index (χ1) is 11.9. The van der Waals surface area contributed by atoms with E-state index in [0.29, 0.717) is 18.5 Å². The first-order valence-electron chi connectivity index (χ1n) is 9.14. The molecule has 0 radical (unpaired) electrons. The third-order valence-corrected chi connectivity index (χ3v) is 6.39. The second kappa shape index (κ2) is 8.78. The van der Waals surface area contributed by atoms with E-state index >= 15 is 0 Å². The molecule has 0 saturated carbocycles. The molecule has 0 spiro atoms. The maximum absolute atomic E-state index is 12.6. The average Bonchev–Trinajstić information content (AvgIpc) is 2.57. The Morgan fingerprint density at radius 2 is 1.96 bits per heavy atom. The van der Waals surface area contributed by atoms with E-state index in [9.17, 15) is 13.2 Å². The fraction of sp³-hybridized carbons (Fsp3) is 0.611. The predicted molar refractivity (Wildman–Crippen MR) is 99.3 cm³/mol. The number of amides is 1. The lowest BCUT2D eigenvalue weighted by molar-refractivity contribution is -0.896. The molecule has 140 valence electrons. The number of anilines is 1. The van der Waals surface area contributed by atoms with Crippen molar-refractivity contribution in [3.05, 3.63) is 23.8 Å². The third kappa shape index (κ3) is 5.52. The fourth-order valence-corrected chi connectivity index (χ4v) is 4.51. The molecule has 25 heavy (non-hydrogen) atoms. The van der Waals surface area contributed by atoms with Crippen molar-refractivity contribution in [3.63, 3.8) is 0 Å². The van der Waals surface area contributed by atoms with Crippen molar-refractivity contribution in [2.24, 2.45) is 0 Å². The van der Waals surface area contributed by atoms with Crippen LogP contribution in [0.15, 0.2) is 23.1 Å². The Hall–Kier alpha value is -1.44. The number of fused-ring (bicyclic) bond motifs is 1. The van der Waals surface area contributed by atoms with Gasteiger partial charge >= 0.3 is 0 Å². The monoisotopic (exact) mass is 368 g/mol. The van der Waals surface area contributed by atoms with Crippen LogP contribution < -0.4 is 14.9 Å². The number of quaternary nitrogens is 1. The highest BCUT2D eigenvalue weighted by molar-refractivity contribution is 7.89. The van der Waals surface area contributed by atoms with Crippen LogP contribution in [0.25, 0.3) is 0 Å². The van der Waals surface area contributed by atoms with Crippen LogP contribution >= 0.6 is 0 Å². The average molecular weight is 369 g/mol. The smallest absolute Gasteiger partial charge is 0.240 e. The Balaban J connectivity index is 1.96. The lowest BCUT2D eigenvalue weighted by Gasteiger charge is -2.19. The van der Waals surface area contributed by atoms with Gasteiger partial charge in [0, 0.05) is 18.2 Å². The van der Waals surface area contributed by atoms with Crippen LogP contribution in [-0.2, 0) is 21.2 Å². The Morgan fingerprint density at radius 3 is 2.64 bits per heavy atom. The van der Waals surface area contributed by atoms with Gasteiger partial charge < -0.3 is 10.2 Å². The van der Waals surface area contributed by atoms with Gasteiger partial charge in [-0.3, -0.25) is 4.79 Å². The highest BCUT2D eigenvalue weighted by atomic mass is 32.2. The van der Waals surface area contributed by atoms with E-state index in [1.165, 1.54) is 4.90 Å². The lowest BCUT2D eigenvalue weighted by Crippen LogP contribution is -3.11. The predicted octanol–water partition coefficient (Wildman–Crippen LogP) is 0.943. The number of hydrogen-bond acceptors (Lipinski definition) is 3. The number of aryl methyl sites for hydroxylation is 1. The maximum Gasteiger partial charge on any atom is 0.240 e. The zero-order valence-electron chi connectivity index (χ0n) is 15.4. The molecule has 0 bridgehead atoms. The number of carbonyl (C=O) groups is 1. The normalized spacial score (nSPS) is 15.8. The van der Waals surface area contributed by atoms with Gasteiger partial charge in [-0.1, -0.05) is 0 Å². The van der Waals surface area contributed by atoms with Crippen molar-refractivity contribution in [1.82, 2.24) is 4.72 Å². The molecule has 7 heteroatoms. The molecule has 0 fully saturated rings. The van der Waals surface area contributed by atoms with E-state index < -0.39 is 10.0 Å². The van der Waals surface area contributed by atoms with E-state index in [4.69, 9.17) is 0 Å². The van der Waals surface area contributed by atoms with Gasteiger partial charge in [0.1, 0.15) is 0 Å². The van der Waals surface area contributed by atoms with Gasteiger partial charge in [0.05, 0.1) is 24.5 Å². The van der Waals surface area contributed by atoms with E-state index in [2.05, 4.69) is 23.9 Å². The molecule has 1 aliphatic heterocycles. The van der Waals surface area contributed by atoms with E-state index in [-0.39, 0.29) is 16.8 Å². The summed E-state index contributed by atoms with van der Waals surface area (Å²) in [6.07, 6.45) is 2.79. The molecule has 1 aliphatic rings. The quantitative estimate of drug-likeness (QED) is 0.607. The summed E-state index contributed by atoms with van der Waals surface area (Å²) in [6.45, 7) is 9.52. The number of rotatable bonds is 9. The van der Waals surface area contributed by atoms with Crippen molar-refractivity contribution >= 4 is 21.6 Å².